The van der Waals surface area contributed by atoms with Crippen molar-refractivity contribution >= 4 is 0 Å². The fraction of sp³-hybridized carbons (Fsp3) is 1.00. The molecule has 1 N–H and O–H groups in total. The first-order chi connectivity index (χ1) is 7.84. The maximum atomic E-state index is 3.84. The molecule has 2 rings (SSSR count). The summed E-state index contributed by atoms with van der Waals surface area (Å²) in [5.74, 6) is 1.97. The third kappa shape index (κ3) is 4.08. The first kappa shape index (κ1) is 12.4. The molecular formula is C15H29N. The van der Waals surface area contributed by atoms with E-state index in [-0.39, 0.29) is 0 Å². The lowest BCUT2D eigenvalue weighted by atomic mass is 9.87. The molecule has 2 aliphatic carbocycles. The molecule has 0 bridgehead atoms. The lowest BCUT2D eigenvalue weighted by molar-refractivity contribution is 0.288. The molecule has 0 aliphatic heterocycles. The molecule has 0 aromatic carbocycles. The summed E-state index contributed by atoms with van der Waals surface area (Å²) >= 11 is 0. The molecule has 2 fully saturated rings. The van der Waals surface area contributed by atoms with E-state index in [1.165, 1.54) is 70.8 Å². The predicted molar refractivity (Wildman–Crippen MR) is 70.6 cm³/mol. The first-order valence-corrected chi connectivity index (χ1v) is 7.58. The number of hydrogen-bond acceptors (Lipinski definition) is 1. The highest BCUT2D eigenvalue weighted by Crippen LogP contribution is 2.25. The molecule has 0 heterocycles. The zero-order chi connectivity index (χ0) is 11.2. The van der Waals surface area contributed by atoms with Crippen LogP contribution in [0.15, 0.2) is 0 Å². The van der Waals surface area contributed by atoms with Crippen molar-refractivity contribution in [2.75, 3.05) is 6.54 Å². The van der Waals surface area contributed by atoms with E-state index < -0.39 is 0 Å². The Morgan fingerprint density at radius 2 is 1.44 bits per heavy atom. The van der Waals surface area contributed by atoms with Gasteiger partial charge in [0.05, 0.1) is 0 Å². The van der Waals surface area contributed by atoms with E-state index in [0.717, 1.165) is 17.9 Å². The summed E-state index contributed by atoms with van der Waals surface area (Å²) in [5.41, 5.74) is 0. The monoisotopic (exact) mass is 223 g/mol. The molecule has 0 atom stereocenters. The van der Waals surface area contributed by atoms with Crippen LogP contribution >= 0.6 is 0 Å². The van der Waals surface area contributed by atoms with Crippen molar-refractivity contribution in [3.05, 3.63) is 0 Å². The zero-order valence-corrected chi connectivity index (χ0v) is 11.0. The molecule has 0 radical (unpaired) electrons. The average Bonchev–Trinajstić information content (AvgIpc) is 2.57. The van der Waals surface area contributed by atoms with Gasteiger partial charge in [-0.3, -0.25) is 0 Å². The Morgan fingerprint density at radius 3 is 2.06 bits per heavy atom. The quantitative estimate of drug-likeness (QED) is 0.710. The Labute approximate surface area is 101 Å². The molecule has 0 aromatic rings. The second-order valence-electron chi connectivity index (χ2n) is 6.22. The van der Waals surface area contributed by atoms with Crippen molar-refractivity contribution in [1.29, 1.82) is 0 Å². The minimum absolute atomic E-state index is 0.847. The summed E-state index contributed by atoms with van der Waals surface area (Å²) in [6.07, 6.45) is 14.6. The highest BCUT2D eigenvalue weighted by atomic mass is 14.9. The molecule has 0 amide bonds. The molecule has 0 unspecified atom stereocenters. The van der Waals surface area contributed by atoms with Crippen LogP contribution in [0.5, 0.6) is 0 Å². The Morgan fingerprint density at radius 1 is 0.812 bits per heavy atom. The predicted octanol–water partition coefficient (Wildman–Crippen LogP) is 4.13. The summed E-state index contributed by atoms with van der Waals surface area (Å²) in [6, 6.07) is 0.847. The van der Waals surface area contributed by atoms with Crippen LogP contribution in [0.25, 0.3) is 0 Å². The van der Waals surface area contributed by atoms with Crippen LogP contribution in [0, 0.1) is 11.8 Å². The van der Waals surface area contributed by atoms with Gasteiger partial charge in [0.2, 0.25) is 0 Å². The molecule has 1 nitrogen and oxygen atoms in total. The van der Waals surface area contributed by atoms with Gasteiger partial charge in [0.25, 0.3) is 0 Å². The van der Waals surface area contributed by atoms with Crippen LogP contribution in [0.3, 0.4) is 0 Å². The van der Waals surface area contributed by atoms with Crippen molar-refractivity contribution in [3.8, 4) is 0 Å². The van der Waals surface area contributed by atoms with E-state index in [4.69, 9.17) is 0 Å². The molecule has 0 spiro atoms. The molecule has 16 heavy (non-hydrogen) atoms. The molecule has 2 saturated carbocycles. The van der Waals surface area contributed by atoms with Gasteiger partial charge in [-0.15, -0.1) is 0 Å². The van der Waals surface area contributed by atoms with Crippen molar-refractivity contribution in [2.24, 2.45) is 11.8 Å². The van der Waals surface area contributed by atoms with Gasteiger partial charge < -0.3 is 5.32 Å². The Hall–Kier alpha value is -0.0400. The minimum Gasteiger partial charge on any atom is -0.314 e. The SMILES string of the molecule is CC1CCC(NCC2CCCCCC2)CC1. The minimum atomic E-state index is 0.847. The van der Waals surface area contributed by atoms with Crippen LogP contribution in [-0.4, -0.2) is 12.6 Å². The van der Waals surface area contributed by atoms with Crippen LogP contribution < -0.4 is 5.32 Å². The van der Waals surface area contributed by atoms with Crippen molar-refractivity contribution < 1.29 is 0 Å². The van der Waals surface area contributed by atoms with Gasteiger partial charge in [0, 0.05) is 6.04 Å². The maximum absolute atomic E-state index is 3.84. The van der Waals surface area contributed by atoms with E-state index >= 15 is 0 Å². The average molecular weight is 223 g/mol. The van der Waals surface area contributed by atoms with Crippen LogP contribution in [-0.2, 0) is 0 Å². The van der Waals surface area contributed by atoms with E-state index in [1.807, 2.05) is 0 Å². The maximum Gasteiger partial charge on any atom is 0.00673 e. The van der Waals surface area contributed by atoms with Crippen molar-refractivity contribution in [3.63, 3.8) is 0 Å². The third-order valence-electron chi connectivity index (χ3n) is 4.69. The van der Waals surface area contributed by atoms with Crippen molar-refractivity contribution in [1.82, 2.24) is 5.32 Å². The molecule has 94 valence electrons. The number of rotatable bonds is 3. The second-order valence-corrected chi connectivity index (χ2v) is 6.22. The largest absolute Gasteiger partial charge is 0.314 e. The summed E-state index contributed by atoms with van der Waals surface area (Å²) in [4.78, 5) is 0. The van der Waals surface area contributed by atoms with Crippen LogP contribution in [0.4, 0.5) is 0 Å². The number of hydrogen-bond donors (Lipinski definition) is 1. The highest BCUT2D eigenvalue weighted by Gasteiger charge is 2.19. The van der Waals surface area contributed by atoms with Gasteiger partial charge in [0.1, 0.15) is 0 Å². The topological polar surface area (TPSA) is 12.0 Å². The molecule has 0 saturated heterocycles. The Bertz CT molecular complexity index is 174. The summed E-state index contributed by atoms with van der Waals surface area (Å²) in [5, 5.41) is 3.84. The first-order valence-electron chi connectivity index (χ1n) is 7.58. The molecular weight excluding hydrogens is 194 g/mol. The van der Waals surface area contributed by atoms with Gasteiger partial charge in [-0.05, 0) is 56.9 Å². The molecule has 1 heteroatoms. The lowest BCUT2D eigenvalue weighted by Gasteiger charge is -2.28. The van der Waals surface area contributed by atoms with E-state index in [0.29, 0.717) is 0 Å². The molecule has 2 aliphatic rings. The van der Waals surface area contributed by atoms with Crippen molar-refractivity contribution in [2.45, 2.75) is 77.2 Å². The third-order valence-corrected chi connectivity index (χ3v) is 4.69. The lowest BCUT2D eigenvalue weighted by Crippen LogP contribution is -2.36. The summed E-state index contributed by atoms with van der Waals surface area (Å²) in [6.45, 7) is 3.71. The van der Waals surface area contributed by atoms with Gasteiger partial charge >= 0.3 is 0 Å². The standard InChI is InChI=1S/C15H29N/c1-13-8-10-15(11-9-13)16-12-14-6-4-2-3-5-7-14/h13-16H,2-12H2,1H3. The van der Waals surface area contributed by atoms with Crippen LogP contribution in [0.1, 0.15) is 71.1 Å². The van der Waals surface area contributed by atoms with E-state index in [9.17, 15) is 0 Å². The van der Waals surface area contributed by atoms with Gasteiger partial charge in [-0.2, -0.15) is 0 Å². The summed E-state index contributed by atoms with van der Waals surface area (Å²) in [7, 11) is 0. The smallest absolute Gasteiger partial charge is 0.00673 e. The highest BCUT2D eigenvalue weighted by molar-refractivity contribution is 4.77. The zero-order valence-electron chi connectivity index (χ0n) is 11.0. The van der Waals surface area contributed by atoms with Gasteiger partial charge in [0.15, 0.2) is 0 Å². The molecule has 0 aromatic heterocycles. The fourth-order valence-electron chi connectivity index (χ4n) is 3.37. The van der Waals surface area contributed by atoms with E-state index in [2.05, 4.69) is 12.2 Å². The Kier molecular flexibility index (Phi) is 5.15. The fourth-order valence-corrected chi connectivity index (χ4v) is 3.37. The van der Waals surface area contributed by atoms with E-state index in [1.54, 1.807) is 0 Å². The number of nitrogens with one attached hydrogen (secondary N) is 1. The van der Waals surface area contributed by atoms with Crippen LogP contribution in [0.2, 0.25) is 0 Å². The van der Waals surface area contributed by atoms with Gasteiger partial charge in [-0.25, -0.2) is 0 Å². The summed E-state index contributed by atoms with van der Waals surface area (Å²) < 4.78 is 0. The van der Waals surface area contributed by atoms with Gasteiger partial charge in [-0.1, -0.05) is 32.6 Å². The normalized spacial score (nSPS) is 33.6. The second kappa shape index (κ2) is 6.64. The Balaban J connectivity index is 1.62.